The van der Waals surface area contributed by atoms with Crippen molar-refractivity contribution < 1.29 is 18.3 Å². The predicted molar refractivity (Wildman–Crippen MR) is 67.2 cm³/mol. The van der Waals surface area contributed by atoms with E-state index in [9.17, 15) is 18.3 Å². The van der Waals surface area contributed by atoms with E-state index in [1.54, 1.807) is 0 Å². The highest BCUT2D eigenvalue weighted by atomic mass is 19.4. The molecule has 0 aliphatic heterocycles. The third kappa shape index (κ3) is 2.55. The van der Waals surface area contributed by atoms with Crippen molar-refractivity contribution in [1.82, 2.24) is 9.97 Å². The summed E-state index contributed by atoms with van der Waals surface area (Å²) in [6.45, 7) is 0. The van der Waals surface area contributed by atoms with Crippen molar-refractivity contribution in [3.63, 3.8) is 0 Å². The molecule has 20 heavy (non-hydrogen) atoms. The largest absolute Gasteiger partial charge is 0.507 e. The van der Waals surface area contributed by atoms with Gasteiger partial charge in [0.05, 0.1) is 16.6 Å². The number of nitrogens with zero attached hydrogens (tertiary/aromatic N) is 2. The minimum absolute atomic E-state index is 0.0676. The second-order valence-electron chi connectivity index (χ2n) is 5.14. The number of alkyl halides is 3. The molecule has 1 aromatic heterocycles. The fourth-order valence-corrected chi connectivity index (χ4v) is 2.29. The molecule has 0 radical (unpaired) electrons. The van der Waals surface area contributed by atoms with Crippen LogP contribution < -0.4 is 0 Å². The number of halogens is 3. The van der Waals surface area contributed by atoms with Crippen LogP contribution in [0.15, 0.2) is 18.2 Å². The van der Waals surface area contributed by atoms with Gasteiger partial charge in [-0.1, -0.05) is 18.9 Å². The minimum atomic E-state index is -4.58. The van der Waals surface area contributed by atoms with Crippen LogP contribution in [0.3, 0.4) is 0 Å². The molecule has 0 spiro atoms. The average molecular weight is 282 g/mol. The van der Waals surface area contributed by atoms with Crippen molar-refractivity contribution in [2.75, 3.05) is 0 Å². The summed E-state index contributed by atoms with van der Waals surface area (Å²) in [7, 11) is 0. The first-order valence-corrected chi connectivity index (χ1v) is 6.51. The number of rotatable bonds is 3. The van der Waals surface area contributed by atoms with Crippen molar-refractivity contribution in [2.45, 2.75) is 31.9 Å². The van der Waals surface area contributed by atoms with E-state index in [2.05, 4.69) is 9.97 Å². The van der Waals surface area contributed by atoms with Crippen LogP contribution in [0, 0.1) is 5.92 Å². The molecule has 3 rings (SSSR count). The zero-order chi connectivity index (χ0) is 14.3. The Morgan fingerprint density at radius 2 is 1.95 bits per heavy atom. The van der Waals surface area contributed by atoms with E-state index in [1.165, 1.54) is 18.2 Å². The summed E-state index contributed by atoms with van der Waals surface area (Å²) in [5.41, 5.74) is 0.422. The normalized spacial score (nSPS) is 15.8. The Balaban J connectivity index is 2.11. The quantitative estimate of drug-likeness (QED) is 0.933. The maximum atomic E-state index is 12.8. The van der Waals surface area contributed by atoms with Crippen LogP contribution in [0.1, 0.15) is 30.8 Å². The maximum absolute atomic E-state index is 12.8. The summed E-state index contributed by atoms with van der Waals surface area (Å²) >= 11 is 0. The molecule has 0 unspecified atom stereocenters. The fourth-order valence-electron chi connectivity index (χ4n) is 2.29. The molecule has 1 aliphatic carbocycles. The Kier molecular flexibility index (Phi) is 3.03. The molecule has 3 nitrogen and oxygen atoms in total. The molecule has 0 atom stereocenters. The molecule has 0 amide bonds. The highest BCUT2D eigenvalue weighted by Gasteiger charge is 2.36. The third-order valence-corrected chi connectivity index (χ3v) is 3.52. The number of aromatic nitrogens is 2. The van der Waals surface area contributed by atoms with E-state index < -0.39 is 12.0 Å². The predicted octanol–water partition coefficient (Wildman–Crippen LogP) is 3.70. The van der Waals surface area contributed by atoms with E-state index in [0.717, 1.165) is 19.3 Å². The number of phenolic OH excluding ortho intramolecular Hbond substituents is 1. The van der Waals surface area contributed by atoms with Crippen LogP contribution in [0.5, 0.6) is 5.75 Å². The van der Waals surface area contributed by atoms with Crippen molar-refractivity contribution in [3.8, 4) is 5.75 Å². The van der Waals surface area contributed by atoms with Gasteiger partial charge in [0.2, 0.25) is 5.82 Å². The van der Waals surface area contributed by atoms with E-state index in [1.807, 2.05) is 0 Å². The van der Waals surface area contributed by atoms with Crippen LogP contribution in [-0.2, 0) is 12.6 Å². The van der Waals surface area contributed by atoms with Gasteiger partial charge in [-0.3, -0.25) is 0 Å². The molecular formula is C14H13F3N2O. The van der Waals surface area contributed by atoms with Gasteiger partial charge >= 0.3 is 6.18 Å². The summed E-state index contributed by atoms with van der Waals surface area (Å²) in [5, 5.41) is 10.2. The lowest BCUT2D eigenvalue weighted by molar-refractivity contribution is -0.144. The number of hydrogen-bond donors (Lipinski definition) is 1. The van der Waals surface area contributed by atoms with Gasteiger partial charge in [-0.05, 0) is 30.9 Å². The molecule has 1 fully saturated rings. The summed E-state index contributed by atoms with van der Waals surface area (Å²) in [5.74, 6) is -0.622. The fraction of sp³-hybridized carbons (Fsp3) is 0.429. The lowest BCUT2D eigenvalue weighted by Gasteiger charge is -2.11. The molecule has 2 aromatic rings. The molecule has 6 heteroatoms. The van der Waals surface area contributed by atoms with Crippen molar-refractivity contribution >= 4 is 10.9 Å². The lowest BCUT2D eigenvalue weighted by Crippen LogP contribution is -2.13. The topological polar surface area (TPSA) is 46.0 Å². The molecule has 1 N–H and O–H groups in total. The highest BCUT2D eigenvalue weighted by molar-refractivity contribution is 5.87. The highest BCUT2D eigenvalue weighted by Crippen LogP contribution is 2.36. The molecule has 1 aromatic carbocycles. The van der Waals surface area contributed by atoms with E-state index in [4.69, 9.17) is 0 Å². The van der Waals surface area contributed by atoms with Gasteiger partial charge in [0.15, 0.2) is 0 Å². The lowest BCUT2D eigenvalue weighted by atomic mass is 10.1. The van der Waals surface area contributed by atoms with Crippen molar-refractivity contribution in [1.29, 1.82) is 0 Å². The van der Waals surface area contributed by atoms with Gasteiger partial charge in [-0.25, -0.2) is 9.97 Å². The van der Waals surface area contributed by atoms with Crippen LogP contribution in [0.2, 0.25) is 0 Å². The van der Waals surface area contributed by atoms with Gasteiger partial charge in [-0.2, -0.15) is 13.2 Å². The Bertz CT molecular complexity index is 651. The molecule has 0 saturated heterocycles. The zero-order valence-corrected chi connectivity index (χ0v) is 10.6. The zero-order valence-electron chi connectivity index (χ0n) is 10.6. The summed E-state index contributed by atoms with van der Waals surface area (Å²) in [6.07, 6.45) is -1.09. The first-order valence-electron chi connectivity index (χ1n) is 6.51. The smallest absolute Gasteiger partial charge is 0.451 e. The second kappa shape index (κ2) is 4.61. The Morgan fingerprint density at radius 1 is 1.20 bits per heavy atom. The van der Waals surface area contributed by atoms with E-state index >= 15 is 0 Å². The number of aryl methyl sites for hydroxylation is 1. The van der Waals surface area contributed by atoms with Gasteiger partial charge in [0.25, 0.3) is 0 Å². The molecule has 0 bridgehead atoms. The van der Waals surface area contributed by atoms with Crippen molar-refractivity contribution in [3.05, 3.63) is 29.7 Å². The second-order valence-corrected chi connectivity index (χ2v) is 5.14. The van der Waals surface area contributed by atoms with Crippen LogP contribution in [0.25, 0.3) is 10.9 Å². The maximum Gasteiger partial charge on any atom is 0.451 e. The first-order chi connectivity index (χ1) is 9.45. The molecule has 1 aliphatic rings. The average Bonchev–Trinajstić information content (AvgIpc) is 3.18. The van der Waals surface area contributed by atoms with E-state index in [-0.39, 0.29) is 17.0 Å². The van der Waals surface area contributed by atoms with Crippen molar-refractivity contribution in [2.24, 2.45) is 5.92 Å². The Labute approximate surface area is 113 Å². The van der Waals surface area contributed by atoms with Gasteiger partial charge in [-0.15, -0.1) is 0 Å². The molecule has 1 saturated carbocycles. The van der Waals surface area contributed by atoms with Gasteiger partial charge in [0.1, 0.15) is 5.75 Å². The Hall–Kier alpha value is -1.85. The minimum Gasteiger partial charge on any atom is -0.507 e. The number of benzene rings is 1. The number of phenols is 1. The number of aromatic hydroxyl groups is 1. The van der Waals surface area contributed by atoms with Crippen LogP contribution >= 0.6 is 0 Å². The molecule has 1 heterocycles. The third-order valence-electron chi connectivity index (χ3n) is 3.52. The summed E-state index contributed by atoms with van der Waals surface area (Å²) in [4.78, 5) is 7.15. The molecule has 106 valence electrons. The first kappa shape index (κ1) is 13.1. The summed E-state index contributed by atoms with van der Waals surface area (Å²) < 4.78 is 38.5. The standard InChI is InChI=1S/C14H13F3N2O/c15-14(16,17)13-18-9-2-1-3-11(20)12(9)10(19-13)7-6-8-4-5-8/h1-3,8,20H,4-7H2. The summed E-state index contributed by atoms with van der Waals surface area (Å²) in [6, 6.07) is 4.39. The molecular weight excluding hydrogens is 269 g/mol. The number of hydrogen-bond acceptors (Lipinski definition) is 3. The van der Waals surface area contributed by atoms with Gasteiger partial charge < -0.3 is 5.11 Å². The van der Waals surface area contributed by atoms with Crippen LogP contribution in [-0.4, -0.2) is 15.1 Å². The van der Waals surface area contributed by atoms with Gasteiger partial charge in [0, 0.05) is 0 Å². The SMILES string of the molecule is Oc1cccc2nc(C(F)(F)F)nc(CCC3CC3)c12. The number of fused-ring (bicyclic) bond motifs is 1. The van der Waals surface area contributed by atoms with E-state index in [0.29, 0.717) is 17.7 Å². The Morgan fingerprint density at radius 3 is 2.60 bits per heavy atom. The van der Waals surface area contributed by atoms with Crippen LogP contribution in [0.4, 0.5) is 13.2 Å². The monoisotopic (exact) mass is 282 g/mol.